The monoisotopic (exact) mass is 396 g/mol. The van der Waals surface area contributed by atoms with Gasteiger partial charge < -0.3 is 19.3 Å². The van der Waals surface area contributed by atoms with Gasteiger partial charge in [-0.2, -0.15) is 0 Å². The third-order valence-electron chi connectivity index (χ3n) is 5.10. The van der Waals surface area contributed by atoms with Crippen molar-refractivity contribution in [2.24, 2.45) is 0 Å². The summed E-state index contributed by atoms with van der Waals surface area (Å²) in [6.07, 6.45) is -1.01. The Morgan fingerprint density at radius 1 is 1.07 bits per heavy atom. The van der Waals surface area contributed by atoms with Crippen LogP contribution in [0, 0.1) is 0 Å². The topological polar surface area (TPSA) is 82.1 Å². The number of esters is 1. The number of carbonyl (C=O) groups excluding carboxylic acids is 1. The molecule has 0 aromatic heterocycles. The van der Waals surface area contributed by atoms with E-state index in [2.05, 4.69) is 0 Å². The molecule has 1 fully saturated rings. The average Bonchev–Trinajstić information content (AvgIpc) is 3.22. The summed E-state index contributed by atoms with van der Waals surface area (Å²) in [5.74, 6) is 0.415. The van der Waals surface area contributed by atoms with Crippen molar-refractivity contribution in [2.75, 3.05) is 7.11 Å². The molecule has 1 N–H and O–H groups in total. The van der Waals surface area contributed by atoms with E-state index in [1.165, 1.54) is 13.2 Å². The predicted molar refractivity (Wildman–Crippen MR) is 101 cm³/mol. The summed E-state index contributed by atoms with van der Waals surface area (Å²) in [6, 6.07) is 14.2. The van der Waals surface area contributed by atoms with Crippen LogP contribution in [0.15, 0.2) is 58.3 Å². The lowest BCUT2D eigenvalue weighted by Crippen LogP contribution is -2.12. The van der Waals surface area contributed by atoms with Gasteiger partial charge in [0.1, 0.15) is 17.2 Å². The van der Waals surface area contributed by atoms with Crippen molar-refractivity contribution in [2.45, 2.75) is 28.4 Å². The lowest BCUT2D eigenvalue weighted by molar-refractivity contribution is -0.141. The lowest BCUT2D eigenvalue weighted by Gasteiger charge is -2.16. The molecule has 3 aromatic rings. The van der Waals surface area contributed by atoms with Gasteiger partial charge in [-0.25, -0.2) is 4.21 Å². The van der Waals surface area contributed by atoms with Crippen molar-refractivity contribution in [1.82, 2.24) is 0 Å². The van der Waals surface area contributed by atoms with Crippen LogP contribution in [0.2, 0.25) is 0 Å². The Morgan fingerprint density at radius 2 is 1.89 bits per heavy atom. The number of rotatable bonds is 3. The quantitative estimate of drug-likeness (QED) is 0.683. The molecular weight excluding hydrogens is 380 g/mol. The van der Waals surface area contributed by atoms with E-state index in [4.69, 9.17) is 14.2 Å². The number of hydrogen-bond donors (Lipinski definition) is 1. The van der Waals surface area contributed by atoms with E-state index < -0.39 is 23.0 Å². The Kier molecular flexibility index (Phi) is 3.80. The SMILES string of the molecule is COc1ccc2ccccc2c1S(=O)c1c(O)ccc2c1[C@@H]1OC(=O)C[C@@H]1O2. The second kappa shape index (κ2) is 6.24. The average molecular weight is 396 g/mol. The summed E-state index contributed by atoms with van der Waals surface area (Å²) < 4.78 is 30.4. The summed E-state index contributed by atoms with van der Waals surface area (Å²) in [4.78, 5) is 12.4. The predicted octanol–water partition coefficient (Wildman–Crippen LogP) is 3.47. The van der Waals surface area contributed by atoms with E-state index in [-0.39, 0.29) is 23.0 Å². The molecule has 6 nitrogen and oxygen atoms in total. The Hall–Kier alpha value is -3.06. The fourth-order valence-corrected chi connectivity index (χ4v) is 5.46. The first kappa shape index (κ1) is 17.1. The van der Waals surface area contributed by atoms with Gasteiger partial charge in [-0.15, -0.1) is 0 Å². The molecule has 1 unspecified atom stereocenters. The van der Waals surface area contributed by atoms with E-state index in [1.807, 2.05) is 30.3 Å². The van der Waals surface area contributed by atoms with Gasteiger partial charge in [0.2, 0.25) is 0 Å². The summed E-state index contributed by atoms with van der Waals surface area (Å²) in [7, 11) is -0.281. The zero-order valence-corrected chi connectivity index (χ0v) is 15.7. The van der Waals surface area contributed by atoms with Gasteiger partial charge in [0.25, 0.3) is 0 Å². The van der Waals surface area contributed by atoms with Crippen LogP contribution in [0.1, 0.15) is 18.1 Å². The minimum absolute atomic E-state index is 0.129. The van der Waals surface area contributed by atoms with Crippen LogP contribution in [-0.2, 0) is 20.3 Å². The van der Waals surface area contributed by atoms with Gasteiger partial charge in [0, 0.05) is 5.39 Å². The molecule has 2 aliphatic heterocycles. The Labute approximate surface area is 163 Å². The van der Waals surface area contributed by atoms with Crippen LogP contribution in [0.4, 0.5) is 0 Å². The molecule has 2 aliphatic rings. The second-order valence-corrected chi connectivity index (χ2v) is 8.04. The van der Waals surface area contributed by atoms with Gasteiger partial charge in [-0.05, 0) is 23.6 Å². The van der Waals surface area contributed by atoms with Crippen LogP contribution in [0.3, 0.4) is 0 Å². The van der Waals surface area contributed by atoms with Crippen molar-refractivity contribution in [1.29, 1.82) is 0 Å². The van der Waals surface area contributed by atoms with E-state index in [0.29, 0.717) is 22.0 Å². The summed E-state index contributed by atoms with van der Waals surface area (Å²) in [6.45, 7) is 0. The van der Waals surface area contributed by atoms with Crippen LogP contribution in [-0.4, -0.2) is 28.5 Å². The van der Waals surface area contributed by atoms with Crippen LogP contribution in [0.5, 0.6) is 17.2 Å². The zero-order valence-electron chi connectivity index (χ0n) is 14.9. The van der Waals surface area contributed by atoms with E-state index in [1.54, 1.807) is 12.1 Å². The second-order valence-electron chi connectivity index (χ2n) is 6.68. The Bertz CT molecular complexity index is 1160. The molecule has 142 valence electrons. The highest BCUT2D eigenvalue weighted by Gasteiger charge is 2.47. The maximum absolute atomic E-state index is 13.8. The summed E-state index contributed by atoms with van der Waals surface area (Å²) >= 11 is 0. The number of ether oxygens (including phenoxy) is 3. The third-order valence-corrected chi connectivity index (χ3v) is 6.69. The number of fused-ring (bicyclic) bond motifs is 4. The largest absolute Gasteiger partial charge is 0.507 e. The molecule has 0 radical (unpaired) electrons. The van der Waals surface area contributed by atoms with Crippen LogP contribution < -0.4 is 9.47 Å². The highest BCUT2D eigenvalue weighted by molar-refractivity contribution is 7.85. The molecule has 7 heteroatoms. The normalized spacial score (nSPS) is 21.0. The number of phenolic OH excluding ortho intramolecular Hbond substituents is 1. The van der Waals surface area contributed by atoms with Gasteiger partial charge in [-0.3, -0.25) is 4.79 Å². The molecule has 5 rings (SSSR count). The van der Waals surface area contributed by atoms with Crippen molar-refractivity contribution in [3.8, 4) is 17.2 Å². The first-order valence-electron chi connectivity index (χ1n) is 8.78. The molecular formula is C21H16O6S. The molecule has 0 spiro atoms. The van der Waals surface area contributed by atoms with Crippen molar-refractivity contribution < 1.29 is 28.3 Å². The molecule has 3 atom stereocenters. The van der Waals surface area contributed by atoms with E-state index in [9.17, 15) is 14.1 Å². The van der Waals surface area contributed by atoms with Gasteiger partial charge in [-0.1, -0.05) is 30.3 Å². The first-order chi connectivity index (χ1) is 13.6. The van der Waals surface area contributed by atoms with E-state index >= 15 is 0 Å². The molecule has 2 heterocycles. The van der Waals surface area contributed by atoms with Crippen LogP contribution >= 0.6 is 0 Å². The molecule has 0 amide bonds. The molecule has 0 bridgehead atoms. The minimum Gasteiger partial charge on any atom is -0.507 e. The number of methoxy groups -OCH3 is 1. The standard InChI is InChI=1S/C21H16O6S/c1-25-15-8-6-11-4-2-3-5-12(11)20(15)28(24)21-13(22)7-9-14-18(21)19-16(26-14)10-17(23)27-19/h2-9,16,19,22H,10H2,1H3/t16-,19+,28?/m0/s1. The maximum atomic E-state index is 13.8. The summed E-state index contributed by atoms with van der Waals surface area (Å²) in [5, 5.41) is 12.3. The van der Waals surface area contributed by atoms with Gasteiger partial charge >= 0.3 is 5.97 Å². The number of benzene rings is 3. The molecule has 3 aromatic carbocycles. The number of phenols is 1. The minimum atomic E-state index is -1.79. The Balaban J connectivity index is 1.75. The third kappa shape index (κ3) is 2.39. The van der Waals surface area contributed by atoms with E-state index in [0.717, 1.165) is 10.8 Å². The summed E-state index contributed by atoms with van der Waals surface area (Å²) in [5.41, 5.74) is 0.462. The first-order valence-corrected chi connectivity index (χ1v) is 9.93. The highest BCUT2D eigenvalue weighted by atomic mass is 32.2. The van der Waals surface area contributed by atoms with Crippen molar-refractivity contribution in [3.05, 3.63) is 54.1 Å². The van der Waals surface area contributed by atoms with Gasteiger partial charge in [0.15, 0.2) is 12.2 Å². The number of hydrogen-bond acceptors (Lipinski definition) is 6. The smallest absolute Gasteiger partial charge is 0.310 e. The number of aromatic hydroxyl groups is 1. The molecule has 0 aliphatic carbocycles. The molecule has 0 saturated carbocycles. The fourth-order valence-electron chi connectivity index (χ4n) is 3.86. The number of carbonyl (C=O) groups is 1. The molecule has 28 heavy (non-hydrogen) atoms. The highest BCUT2D eigenvalue weighted by Crippen LogP contribution is 2.50. The van der Waals surface area contributed by atoms with Gasteiger partial charge in [0.05, 0.1) is 39.7 Å². The maximum Gasteiger partial charge on any atom is 0.310 e. The zero-order chi connectivity index (χ0) is 19.4. The van der Waals surface area contributed by atoms with Crippen molar-refractivity contribution in [3.63, 3.8) is 0 Å². The Morgan fingerprint density at radius 3 is 2.71 bits per heavy atom. The fraction of sp³-hybridized carbons (Fsp3) is 0.190. The van der Waals surface area contributed by atoms with Crippen LogP contribution in [0.25, 0.3) is 10.8 Å². The lowest BCUT2D eigenvalue weighted by atomic mass is 10.1. The molecule has 1 saturated heterocycles. The van der Waals surface area contributed by atoms with Crippen molar-refractivity contribution >= 4 is 27.5 Å².